The van der Waals surface area contributed by atoms with Gasteiger partial charge in [-0.05, 0) is 24.7 Å². The first-order valence-electron chi connectivity index (χ1n) is 6.36. The summed E-state index contributed by atoms with van der Waals surface area (Å²) in [4.78, 5) is 0. The first-order valence-corrected chi connectivity index (χ1v) is 7.11. The highest BCUT2D eigenvalue weighted by molar-refractivity contribution is 6.34. The molecule has 108 valence electrons. The highest BCUT2D eigenvalue weighted by Gasteiger charge is 2.02. The van der Waals surface area contributed by atoms with Gasteiger partial charge in [0.15, 0.2) is 0 Å². The molecule has 0 radical (unpaired) electrons. The number of ether oxygens (including phenoxy) is 1. The van der Waals surface area contributed by atoms with Crippen molar-refractivity contribution in [1.82, 2.24) is 20.3 Å². The zero-order valence-corrected chi connectivity index (χ0v) is 12.7. The van der Waals surface area contributed by atoms with Gasteiger partial charge in [-0.2, -0.15) is 0 Å². The molecule has 1 aromatic heterocycles. The molecule has 1 heterocycles. The largest absolute Gasteiger partial charge is 0.492 e. The minimum absolute atomic E-state index is 0.473. The zero-order chi connectivity index (χ0) is 14.4. The Balaban J connectivity index is 1.81. The van der Waals surface area contributed by atoms with Crippen molar-refractivity contribution in [2.75, 3.05) is 13.2 Å². The first kappa shape index (κ1) is 15.1. The van der Waals surface area contributed by atoms with E-state index in [1.165, 1.54) is 0 Å². The SMILES string of the molecule is CCNCc1cn(CCOc2cc(Cl)cc(Cl)c2)nn1. The Morgan fingerprint density at radius 1 is 1.25 bits per heavy atom. The third kappa shape index (κ3) is 4.67. The molecule has 0 fully saturated rings. The quantitative estimate of drug-likeness (QED) is 0.853. The van der Waals surface area contributed by atoms with Gasteiger partial charge in [0.1, 0.15) is 12.4 Å². The van der Waals surface area contributed by atoms with Gasteiger partial charge in [0.25, 0.3) is 0 Å². The molecule has 0 saturated heterocycles. The van der Waals surface area contributed by atoms with Crippen LogP contribution in [0.25, 0.3) is 0 Å². The van der Waals surface area contributed by atoms with Crippen LogP contribution in [0.2, 0.25) is 10.0 Å². The molecule has 5 nitrogen and oxygen atoms in total. The molecule has 1 N–H and O–H groups in total. The minimum Gasteiger partial charge on any atom is -0.492 e. The first-order chi connectivity index (χ1) is 9.67. The van der Waals surface area contributed by atoms with Crippen LogP contribution in [0, 0.1) is 0 Å². The van der Waals surface area contributed by atoms with Gasteiger partial charge in [0, 0.05) is 22.8 Å². The number of rotatable bonds is 7. The fourth-order valence-corrected chi connectivity index (χ4v) is 2.16. The average Bonchev–Trinajstić information content (AvgIpc) is 2.83. The van der Waals surface area contributed by atoms with Gasteiger partial charge in [-0.1, -0.05) is 35.3 Å². The van der Waals surface area contributed by atoms with E-state index in [0.717, 1.165) is 18.8 Å². The summed E-state index contributed by atoms with van der Waals surface area (Å²) in [6, 6.07) is 5.12. The standard InChI is InChI=1S/C13H16Cl2N4O/c1-2-16-8-12-9-19(18-17-12)3-4-20-13-6-10(14)5-11(15)7-13/h5-7,9,16H,2-4,8H2,1H3. The van der Waals surface area contributed by atoms with Gasteiger partial charge in [-0.3, -0.25) is 0 Å². The molecule has 0 aliphatic rings. The van der Waals surface area contributed by atoms with E-state index in [1.807, 2.05) is 13.1 Å². The molecular formula is C13H16Cl2N4O. The van der Waals surface area contributed by atoms with E-state index in [4.69, 9.17) is 27.9 Å². The van der Waals surface area contributed by atoms with Crippen LogP contribution in [-0.2, 0) is 13.1 Å². The lowest BCUT2D eigenvalue weighted by Gasteiger charge is -2.06. The molecule has 0 aliphatic carbocycles. The van der Waals surface area contributed by atoms with Crippen molar-refractivity contribution in [3.8, 4) is 5.75 Å². The average molecular weight is 315 g/mol. The number of aromatic nitrogens is 3. The van der Waals surface area contributed by atoms with Gasteiger partial charge in [-0.15, -0.1) is 5.10 Å². The van der Waals surface area contributed by atoms with Gasteiger partial charge < -0.3 is 10.1 Å². The van der Waals surface area contributed by atoms with Gasteiger partial charge in [0.2, 0.25) is 0 Å². The van der Waals surface area contributed by atoms with Crippen molar-refractivity contribution in [3.05, 3.63) is 40.1 Å². The summed E-state index contributed by atoms with van der Waals surface area (Å²) in [6.07, 6.45) is 1.90. The predicted octanol–water partition coefficient (Wildman–Crippen LogP) is 2.77. The number of halogens is 2. The molecule has 0 spiro atoms. The third-order valence-electron chi connectivity index (χ3n) is 2.57. The van der Waals surface area contributed by atoms with Crippen LogP contribution in [-0.4, -0.2) is 28.1 Å². The molecule has 1 aromatic carbocycles. The maximum absolute atomic E-state index is 5.90. The Labute approximate surface area is 127 Å². The highest BCUT2D eigenvalue weighted by atomic mass is 35.5. The fourth-order valence-electron chi connectivity index (χ4n) is 1.65. The Morgan fingerprint density at radius 3 is 2.70 bits per heavy atom. The van der Waals surface area contributed by atoms with E-state index in [-0.39, 0.29) is 0 Å². The van der Waals surface area contributed by atoms with Gasteiger partial charge in [-0.25, -0.2) is 4.68 Å². The summed E-state index contributed by atoms with van der Waals surface area (Å²) in [7, 11) is 0. The maximum atomic E-state index is 5.90. The molecule has 0 aliphatic heterocycles. The fraction of sp³-hybridized carbons (Fsp3) is 0.385. The normalized spacial score (nSPS) is 10.8. The summed E-state index contributed by atoms with van der Waals surface area (Å²) >= 11 is 11.8. The number of hydrogen-bond acceptors (Lipinski definition) is 4. The van der Waals surface area contributed by atoms with E-state index in [2.05, 4.69) is 15.6 Å². The van der Waals surface area contributed by atoms with Crippen molar-refractivity contribution in [1.29, 1.82) is 0 Å². The van der Waals surface area contributed by atoms with Crippen LogP contribution in [0.3, 0.4) is 0 Å². The third-order valence-corrected chi connectivity index (χ3v) is 3.00. The van der Waals surface area contributed by atoms with Crippen molar-refractivity contribution in [2.24, 2.45) is 0 Å². The Bertz CT molecular complexity index is 539. The summed E-state index contributed by atoms with van der Waals surface area (Å²) < 4.78 is 7.34. The van der Waals surface area contributed by atoms with Crippen LogP contribution in [0.15, 0.2) is 24.4 Å². The maximum Gasteiger partial charge on any atom is 0.122 e. The predicted molar refractivity (Wildman–Crippen MR) is 79.4 cm³/mol. The van der Waals surface area contributed by atoms with E-state index in [1.54, 1.807) is 22.9 Å². The molecular weight excluding hydrogens is 299 g/mol. The second-order valence-corrected chi connectivity index (χ2v) is 5.08. The van der Waals surface area contributed by atoms with Crippen LogP contribution in [0.5, 0.6) is 5.75 Å². The molecule has 2 aromatic rings. The Kier molecular flexibility index (Phi) is 5.64. The number of nitrogens with one attached hydrogen (secondary N) is 1. The second kappa shape index (κ2) is 7.47. The van der Waals surface area contributed by atoms with Gasteiger partial charge >= 0.3 is 0 Å². The lowest BCUT2D eigenvalue weighted by Crippen LogP contribution is -2.12. The van der Waals surface area contributed by atoms with Crippen LogP contribution >= 0.6 is 23.2 Å². The van der Waals surface area contributed by atoms with E-state index < -0.39 is 0 Å². The molecule has 2 rings (SSSR count). The van der Waals surface area contributed by atoms with Crippen LogP contribution in [0.1, 0.15) is 12.6 Å². The molecule has 7 heteroatoms. The lowest BCUT2D eigenvalue weighted by atomic mass is 10.3. The van der Waals surface area contributed by atoms with Crippen molar-refractivity contribution in [2.45, 2.75) is 20.0 Å². The summed E-state index contributed by atoms with van der Waals surface area (Å²) in [5.41, 5.74) is 0.914. The molecule has 0 saturated carbocycles. The smallest absolute Gasteiger partial charge is 0.122 e. The van der Waals surface area contributed by atoms with Crippen molar-refractivity contribution < 1.29 is 4.74 Å². The number of benzene rings is 1. The van der Waals surface area contributed by atoms with Gasteiger partial charge in [0.05, 0.1) is 12.2 Å². The topological polar surface area (TPSA) is 52.0 Å². The molecule has 0 bridgehead atoms. The van der Waals surface area contributed by atoms with Crippen LogP contribution < -0.4 is 10.1 Å². The molecule has 20 heavy (non-hydrogen) atoms. The van der Waals surface area contributed by atoms with E-state index in [9.17, 15) is 0 Å². The Morgan fingerprint density at radius 2 is 2.00 bits per heavy atom. The number of hydrogen-bond donors (Lipinski definition) is 1. The lowest BCUT2D eigenvalue weighted by molar-refractivity contribution is 0.290. The Hall–Kier alpha value is -1.30. The summed E-state index contributed by atoms with van der Waals surface area (Å²) in [6.45, 7) is 4.77. The number of nitrogens with zero attached hydrogens (tertiary/aromatic N) is 3. The molecule has 0 unspecified atom stereocenters. The van der Waals surface area contributed by atoms with Crippen molar-refractivity contribution >= 4 is 23.2 Å². The van der Waals surface area contributed by atoms with Crippen LogP contribution in [0.4, 0.5) is 0 Å². The monoisotopic (exact) mass is 314 g/mol. The minimum atomic E-state index is 0.473. The molecule has 0 atom stereocenters. The zero-order valence-electron chi connectivity index (χ0n) is 11.1. The van der Waals surface area contributed by atoms with E-state index in [0.29, 0.717) is 28.9 Å². The summed E-state index contributed by atoms with van der Waals surface area (Å²) in [5.74, 6) is 0.649. The van der Waals surface area contributed by atoms with E-state index >= 15 is 0 Å². The molecule has 0 amide bonds. The van der Waals surface area contributed by atoms with Crippen molar-refractivity contribution in [3.63, 3.8) is 0 Å². The second-order valence-electron chi connectivity index (χ2n) is 4.21. The summed E-state index contributed by atoms with van der Waals surface area (Å²) in [5, 5.41) is 12.4. The highest BCUT2D eigenvalue weighted by Crippen LogP contribution is 2.24.